The van der Waals surface area contributed by atoms with Crippen molar-refractivity contribution in [2.24, 2.45) is 5.92 Å². The average molecular weight is 860 g/mol. The number of ether oxygens (including phenoxy) is 2. The third kappa shape index (κ3) is 14.9. The van der Waals surface area contributed by atoms with Crippen LogP contribution in [0.25, 0.3) is 33.5 Å². The van der Waals surface area contributed by atoms with Crippen LogP contribution in [0.5, 0.6) is 0 Å². The van der Waals surface area contributed by atoms with Gasteiger partial charge in [0.2, 0.25) is 17.8 Å². The summed E-state index contributed by atoms with van der Waals surface area (Å²) in [6, 6.07) is 0.689. The van der Waals surface area contributed by atoms with E-state index >= 15 is 0 Å². The summed E-state index contributed by atoms with van der Waals surface area (Å²) in [5.41, 5.74) is 14.6. The van der Waals surface area contributed by atoms with Crippen LogP contribution in [0.3, 0.4) is 0 Å². The fourth-order valence-corrected chi connectivity index (χ4v) is 5.14. The van der Waals surface area contributed by atoms with Crippen LogP contribution in [0.2, 0.25) is 15.5 Å². The molecule has 0 amide bonds. The summed E-state index contributed by atoms with van der Waals surface area (Å²) < 4.78 is 13.8. The van der Waals surface area contributed by atoms with Gasteiger partial charge in [-0.25, -0.2) is 15.0 Å². The van der Waals surface area contributed by atoms with E-state index in [0.29, 0.717) is 62.5 Å². The molecule has 6 rings (SSSR count). The highest BCUT2D eigenvalue weighted by Crippen LogP contribution is 2.24. The van der Waals surface area contributed by atoms with Gasteiger partial charge < -0.3 is 40.4 Å². The van der Waals surface area contributed by atoms with Gasteiger partial charge in [-0.1, -0.05) is 69.4 Å². The maximum Gasteiger partial charge on any atom is 0.226 e. The zero-order valence-corrected chi connectivity index (χ0v) is 36.9. The lowest BCUT2D eigenvalue weighted by atomic mass is 10.2. The third-order valence-electron chi connectivity index (χ3n) is 7.13. The summed E-state index contributed by atoms with van der Waals surface area (Å²) in [7, 11) is 3.33. The number of aromatic amines is 1. The highest BCUT2D eigenvalue weighted by molar-refractivity contribution is 6.34. The number of nitrogens with one attached hydrogen (secondary N) is 2. The number of hydrogen-bond donors (Lipinski definition) is 4. The Morgan fingerprint density at radius 2 is 1.20 bits per heavy atom. The van der Waals surface area contributed by atoms with Gasteiger partial charge in [0.25, 0.3) is 0 Å². The molecule has 56 heavy (non-hydrogen) atoms. The molecule has 0 aliphatic carbocycles. The minimum Gasteiger partial charge on any atom is -0.383 e. The first-order chi connectivity index (χ1) is 26.5. The molecule has 0 aromatic carbocycles. The largest absolute Gasteiger partial charge is 0.383 e. The van der Waals surface area contributed by atoms with Gasteiger partial charge in [0, 0.05) is 26.3 Å². The summed E-state index contributed by atoms with van der Waals surface area (Å²) >= 11 is 23.4. The molecule has 310 valence electrons. The number of hydrogen-bond acceptors (Lipinski definition) is 14. The van der Waals surface area contributed by atoms with Crippen LogP contribution in [0, 0.1) is 5.92 Å². The number of imidazole rings is 3. The summed E-state index contributed by atoms with van der Waals surface area (Å²) in [4.78, 5) is 39.3. The van der Waals surface area contributed by atoms with Crippen LogP contribution < -0.4 is 16.8 Å². The van der Waals surface area contributed by atoms with Crippen LogP contribution in [-0.2, 0) is 9.47 Å². The molecular weight excluding hydrogens is 804 g/mol. The number of nitrogens with two attached hydrogens (primary N) is 2. The van der Waals surface area contributed by atoms with Gasteiger partial charge in [-0.15, -0.1) is 11.6 Å². The number of aromatic nitrogens is 12. The Balaban J connectivity index is 0.000000264. The zero-order valence-electron chi connectivity index (χ0n) is 33.8. The first-order valence-electron chi connectivity index (χ1n) is 18.0. The van der Waals surface area contributed by atoms with E-state index in [-0.39, 0.29) is 35.4 Å². The first kappa shape index (κ1) is 48.3. The van der Waals surface area contributed by atoms with Crippen LogP contribution in [0.4, 0.5) is 17.8 Å². The highest BCUT2D eigenvalue weighted by Gasteiger charge is 2.16. The van der Waals surface area contributed by atoms with Crippen molar-refractivity contribution < 1.29 is 9.47 Å². The molecule has 0 saturated heterocycles. The second-order valence-electron chi connectivity index (χ2n) is 13.4. The van der Waals surface area contributed by atoms with Crippen LogP contribution in [0.15, 0.2) is 19.0 Å². The number of alkyl halides is 1. The van der Waals surface area contributed by atoms with Gasteiger partial charge in [0.05, 0.1) is 43.6 Å². The number of methoxy groups -OCH3 is 2. The van der Waals surface area contributed by atoms with Gasteiger partial charge in [-0.05, 0) is 46.5 Å². The quantitative estimate of drug-likeness (QED) is 0.0750. The zero-order chi connectivity index (χ0) is 42.1. The predicted octanol–water partition coefficient (Wildman–Crippen LogP) is 8.44. The van der Waals surface area contributed by atoms with Crippen molar-refractivity contribution in [1.82, 2.24) is 59.0 Å². The fraction of sp³-hybridized carbons (Fsp3) is 0.571. The lowest BCUT2D eigenvalue weighted by Gasteiger charge is -2.16. The number of H-pyrrole nitrogens is 1. The van der Waals surface area contributed by atoms with Crippen molar-refractivity contribution in [2.45, 2.75) is 98.7 Å². The Hall–Kier alpha value is -3.87. The van der Waals surface area contributed by atoms with Crippen LogP contribution in [-0.4, -0.2) is 97.8 Å². The third-order valence-corrected chi connectivity index (χ3v) is 8.37. The van der Waals surface area contributed by atoms with Crippen molar-refractivity contribution in [3.05, 3.63) is 34.4 Å². The lowest BCUT2D eigenvalue weighted by molar-refractivity contribution is 0.184. The van der Waals surface area contributed by atoms with Crippen LogP contribution in [0.1, 0.15) is 87.2 Å². The second-order valence-corrected chi connectivity index (χ2v) is 15.1. The van der Waals surface area contributed by atoms with E-state index in [1.54, 1.807) is 26.9 Å². The standard InChI is InChI=1S/C13H20ClN5O.C8H10ClN5.C5H4ClN5.C5H11ClO.C4H10/c1-5-9(6-20-4)16-13-17-11(14)10-12(18-13)19(7-15-10)8(2)3;1-4(2)14-3-11-5-6(9)12-8(10)13-7(5)14;6-3-2-4(9-1-8-2)11-5(7)10-3;1-3-5(6)4-7-2;1-4(2)3/h7-9H,5-6H2,1-4H3,(H,16,17,18);3-4H,1-2H3,(H2,10,12,13);1H,(H3,7,8,9,10,11);5H,3-4H2,1-2H3;4H,1-3H3/t9-;;;5-;/m1..1./s1. The molecule has 0 saturated carbocycles. The Labute approximate surface area is 348 Å². The Morgan fingerprint density at radius 3 is 1.68 bits per heavy atom. The SMILES string of the molecule is CC(C)C.CC(C)n1cnc2c(Cl)nc(N)nc21.CC[C@@H](Cl)COC.CC[C@H](COC)Nc1nc(Cl)c2ncn(C(C)C)c2n1.Nc1nc(Cl)c2[nH]cnc2n1. The minimum atomic E-state index is 0.134. The molecule has 0 fully saturated rings. The van der Waals surface area contributed by atoms with Crippen molar-refractivity contribution in [1.29, 1.82) is 0 Å². The van der Waals surface area contributed by atoms with Gasteiger partial charge in [-0.2, -0.15) is 29.9 Å². The van der Waals surface area contributed by atoms with Gasteiger partial charge >= 0.3 is 0 Å². The van der Waals surface area contributed by atoms with Crippen molar-refractivity contribution >= 4 is 97.7 Å². The summed E-state index contributed by atoms with van der Waals surface area (Å²) in [5.74, 6) is 1.65. The van der Waals surface area contributed by atoms with E-state index in [1.807, 2.05) is 29.9 Å². The molecule has 6 aromatic rings. The summed E-state index contributed by atoms with van der Waals surface area (Å²) in [6.45, 7) is 20.1. The smallest absolute Gasteiger partial charge is 0.226 e. The van der Waals surface area contributed by atoms with E-state index in [9.17, 15) is 0 Å². The van der Waals surface area contributed by atoms with Gasteiger partial charge in [0.1, 0.15) is 16.6 Å². The fourth-order valence-electron chi connectivity index (χ4n) is 4.36. The number of nitrogens with zero attached hydrogens (tertiary/aromatic N) is 11. The summed E-state index contributed by atoms with van der Waals surface area (Å²) in [5, 5.41) is 4.40. The molecule has 6 aromatic heterocycles. The maximum atomic E-state index is 6.19. The van der Waals surface area contributed by atoms with Gasteiger partial charge in [0.15, 0.2) is 32.4 Å². The molecule has 17 nitrogen and oxygen atoms in total. The number of rotatable bonds is 10. The number of fused-ring (bicyclic) bond motifs is 3. The van der Waals surface area contributed by atoms with Crippen molar-refractivity contribution in [2.75, 3.05) is 44.2 Å². The Morgan fingerprint density at radius 1 is 0.696 bits per heavy atom. The normalized spacial score (nSPS) is 12.0. The molecule has 0 spiro atoms. The molecular formula is C35H55Cl4N15O2. The molecule has 0 aliphatic heterocycles. The van der Waals surface area contributed by atoms with E-state index in [1.165, 1.54) is 6.33 Å². The highest BCUT2D eigenvalue weighted by atomic mass is 35.5. The van der Waals surface area contributed by atoms with E-state index in [2.05, 4.69) is 96.7 Å². The van der Waals surface area contributed by atoms with Crippen LogP contribution >= 0.6 is 46.4 Å². The topological polar surface area (TPSA) is 224 Å². The molecule has 0 aliphatic rings. The van der Waals surface area contributed by atoms with Gasteiger partial charge in [-0.3, -0.25) is 0 Å². The monoisotopic (exact) mass is 857 g/mol. The number of halogens is 4. The van der Waals surface area contributed by atoms with E-state index in [0.717, 1.165) is 24.4 Å². The first-order valence-corrected chi connectivity index (χ1v) is 19.6. The maximum absolute atomic E-state index is 6.19. The summed E-state index contributed by atoms with van der Waals surface area (Å²) in [6.07, 6.45) is 6.82. The van der Waals surface area contributed by atoms with E-state index in [4.69, 9.17) is 67.3 Å². The Kier molecular flexibility index (Phi) is 20.7. The predicted molar refractivity (Wildman–Crippen MR) is 229 cm³/mol. The Bertz CT molecular complexity index is 2050. The molecule has 21 heteroatoms. The molecule has 0 bridgehead atoms. The molecule has 0 radical (unpaired) electrons. The van der Waals surface area contributed by atoms with E-state index < -0.39 is 0 Å². The molecule has 6 N–H and O–H groups in total. The van der Waals surface area contributed by atoms with Crippen molar-refractivity contribution in [3.8, 4) is 0 Å². The van der Waals surface area contributed by atoms with Crippen molar-refractivity contribution in [3.63, 3.8) is 0 Å². The lowest BCUT2D eigenvalue weighted by Crippen LogP contribution is -2.25. The average Bonchev–Trinajstić information content (AvgIpc) is 3.88. The molecule has 6 heterocycles. The molecule has 0 unspecified atom stereocenters. The number of anilines is 3. The molecule has 2 atom stereocenters. The second kappa shape index (κ2) is 24.0. The number of nitrogen functional groups attached to an aromatic ring is 2. The minimum absolute atomic E-state index is 0.134.